The highest BCUT2D eigenvalue weighted by atomic mass is 32.2. The van der Waals surface area contributed by atoms with E-state index in [9.17, 15) is 10.1 Å². The third kappa shape index (κ3) is 3.68. The van der Waals surface area contributed by atoms with Gasteiger partial charge < -0.3 is 0 Å². The largest absolute Gasteiger partial charge is 0.293 e. The predicted octanol–water partition coefficient (Wildman–Crippen LogP) is 4.36. The maximum absolute atomic E-state index is 12.3. The van der Waals surface area contributed by atoms with Gasteiger partial charge in [0.25, 0.3) is 0 Å². The highest BCUT2D eigenvalue weighted by Crippen LogP contribution is 2.29. The van der Waals surface area contributed by atoms with Gasteiger partial charge in [-0.05, 0) is 43.7 Å². The van der Waals surface area contributed by atoms with Gasteiger partial charge in [-0.15, -0.1) is 0 Å². The smallest absolute Gasteiger partial charge is 0.173 e. The Kier molecular flexibility index (Phi) is 5.01. The molecule has 2 aromatic rings. The van der Waals surface area contributed by atoms with Crippen molar-refractivity contribution in [2.75, 3.05) is 5.75 Å². The van der Waals surface area contributed by atoms with Crippen molar-refractivity contribution in [3.63, 3.8) is 0 Å². The molecule has 0 fully saturated rings. The number of nitriles is 1. The van der Waals surface area contributed by atoms with Crippen molar-refractivity contribution >= 4 is 17.5 Å². The Morgan fingerprint density at radius 1 is 1.38 bits per heavy atom. The summed E-state index contributed by atoms with van der Waals surface area (Å²) >= 11 is 1.37. The molecule has 24 heavy (non-hydrogen) atoms. The van der Waals surface area contributed by atoms with E-state index < -0.39 is 0 Å². The lowest BCUT2D eigenvalue weighted by Crippen LogP contribution is -2.14. The molecule has 3 nitrogen and oxygen atoms in total. The quantitative estimate of drug-likeness (QED) is 0.615. The molecule has 1 aliphatic carbocycles. The van der Waals surface area contributed by atoms with Crippen LogP contribution in [0.2, 0.25) is 0 Å². The van der Waals surface area contributed by atoms with Crippen LogP contribution >= 0.6 is 11.8 Å². The summed E-state index contributed by atoms with van der Waals surface area (Å²) in [7, 11) is 0. The Hall–Kier alpha value is -2.12. The van der Waals surface area contributed by atoms with Crippen molar-refractivity contribution in [1.29, 1.82) is 5.26 Å². The van der Waals surface area contributed by atoms with Crippen LogP contribution in [0, 0.1) is 24.2 Å². The molecule has 1 aliphatic rings. The number of fused-ring (bicyclic) bond motifs is 1. The molecule has 0 spiro atoms. The number of aromatic nitrogens is 1. The summed E-state index contributed by atoms with van der Waals surface area (Å²) < 4.78 is 0. The van der Waals surface area contributed by atoms with E-state index in [1.165, 1.54) is 17.3 Å². The molecule has 0 saturated carbocycles. The van der Waals surface area contributed by atoms with Gasteiger partial charge in [0.15, 0.2) is 5.78 Å². The van der Waals surface area contributed by atoms with Crippen LogP contribution in [0.4, 0.5) is 0 Å². The zero-order chi connectivity index (χ0) is 17.1. The van der Waals surface area contributed by atoms with Crippen LogP contribution in [0.5, 0.6) is 0 Å². The van der Waals surface area contributed by atoms with E-state index in [1.54, 1.807) is 0 Å². The van der Waals surface area contributed by atoms with E-state index in [1.807, 2.05) is 37.3 Å². The summed E-state index contributed by atoms with van der Waals surface area (Å²) in [4.78, 5) is 17.0. The maximum atomic E-state index is 12.3. The molecule has 1 heterocycles. The number of thioether (sulfide) groups is 1. The second kappa shape index (κ2) is 7.19. The molecule has 0 N–H and O–H groups in total. The minimum absolute atomic E-state index is 0.0667. The summed E-state index contributed by atoms with van der Waals surface area (Å²) in [5.74, 6) is 1.02. The van der Waals surface area contributed by atoms with E-state index in [2.05, 4.69) is 18.0 Å². The first-order valence-electron chi connectivity index (χ1n) is 8.22. The summed E-state index contributed by atoms with van der Waals surface area (Å²) in [6, 6.07) is 11.8. The molecule has 122 valence electrons. The van der Waals surface area contributed by atoms with Crippen LogP contribution < -0.4 is 0 Å². The molecule has 1 aromatic heterocycles. The lowest BCUT2D eigenvalue weighted by molar-refractivity contribution is 0.102. The third-order valence-corrected chi connectivity index (χ3v) is 5.42. The Labute approximate surface area is 147 Å². The van der Waals surface area contributed by atoms with Gasteiger partial charge >= 0.3 is 0 Å². The van der Waals surface area contributed by atoms with Crippen molar-refractivity contribution < 1.29 is 4.79 Å². The van der Waals surface area contributed by atoms with Gasteiger partial charge in [-0.1, -0.05) is 48.5 Å². The molecule has 4 heteroatoms. The first-order valence-corrected chi connectivity index (χ1v) is 9.21. The van der Waals surface area contributed by atoms with E-state index in [-0.39, 0.29) is 5.78 Å². The minimum atomic E-state index is 0.0667. The van der Waals surface area contributed by atoms with Gasteiger partial charge in [0.2, 0.25) is 0 Å². The zero-order valence-corrected chi connectivity index (χ0v) is 14.8. The van der Waals surface area contributed by atoms with Crippen LogP contribution in [-0.2, 0) is 12.8 Å². The number of rotatable bonds is 4. The topological polar surface area (TPSA) is 53.8 Å². The van der Waals surface area contributed by atoms with Crippen molar-refractivity contribution in [2.45, 2.75) is 38.1 Å². The Morgan fingerprint density at radius 2 is 2.12 bits per heavy atom. The molecular weight excluding hydrogens is 316 g/mol. The van der Waals surface area contributed by atoms with Crippen molar-refractivity contribution in [3.8, 4) is 6.07 Å². The number of ketones is 1. The number of carbonyl (C=O) groups is 1. The fourth-order valence-corrected chi connectivity index (χ4v) is 3.84. The lowest BCUT2D eigenvalue weighted by atomic mass is 9.87. The van der Waals surface area contributed by atoms with E-state index >= 15 is 0 Å². The highest BCUT2D eigenvalue weighted by Gasteiger charge is 2.20. The first kappa shape index (κ1) is 16.7. The molecule has 0 radical (unpaired) electrons. The molecule has 0 saturated heterocycles. The minimum Gasteiger partial charge on any atom is -0.293 e. The van der Waals surface area contributed by atoms with Crippen molar-refractivity contribution in [2.24, 2.45) is 5.92 Å². The lowest BCUT2D eigenvalue weighted by Gasteiger charge is -2.21. The molecular formula is C20H20N2OS. The normalized spacial score (nSPS) is 16.3. The number of aryl methyl sites for hydroxylation is 2. The van der Waals surface area contributed by atoms with Gasteiger partial charge in [-0.2, -0.15) is 5.26 Å². The number of benzene rings is 1. The summed E-state index contributed by atoms with van der Waals surface area (Å²) in [6.45, 7) is 4.23. The van der Waals surface area contributed by atoms with Crippen molar-refractivity contribution in [3.05, 3.63) is 58.3 Å². The average molecular weight is 336 g/mol. The number of carbonyl (C=O) groups excluding carboxylic acids is 1. The zero-order valence-electron chi connectivity index (χ0n) is 14.0. The number of nitrogens with zero attached hydrogens (tertiary/aromatic N) is 2. The van der Waals surface area contributed by atoms with Gasteiger partial charge in [0.1, 0.15) is 11.1 Å². The standard InChI is InChI=1S/C20H20N2OS/c1-13-3-6-15(7-4-13)19(23)12-24-20-17(11-21)10-16-9-14(2)5-8-18(16)22-20/h3-4,6-7,10,14H,5,8-9,12H2,1-2H3. The van der Waals surface area contributed by atoms with E-state index in [0.29, 0.717) is 27.8 Å². The molecule has 0 amide bonds. The molecule has 1 aromatic carbocycles. The summed E-state index contributed by atoms with van der Waals surface area (Å²) in [5, 5.41) is 10.1. The Bertz CT molecular complexity index is 806. The van der Waals surface area contributed by atoms with Gasteiger partial charge in [-0.3, -0.25) is 4.79 Å². The van der Waals surface area contributed by atoms with Crippen LogP contribution in [-0.4, -0.2) is 16.5 Å². The highest BCUT2D eigenvalue weighted by molar-refractivity contribution is 8.00. The fourth-order valence-electron chi connectivity index (χ4n) is 2.97. The van der Waals surface area contributed by atoms with E-state index in [4.69, 9.17) is 0 Å². The van der Waals surface area contributed by atoms with Crippen LogP contribution in [0.1, 0.15) is 46.1 Å². The number of hydrogen-bond acceptors (Lipinski definition) is 4. The number of Topliss-reactive ketones (excluding diaryl/α,β-unsaturated/α-hetero) is 1. The SMILES string of the molecule is Cc1ccc(C(=O)CSc2nc3c(cc2C#N)CC(C)CC3)cc1. The molecule has 0 aliphatic heterocycles. The van der Waals surface area contributed by atoms with Crippen LogP contribution in [0.3, 0.4) is 0 Å². The first-order chi connectivity index (χ1) is 11.6. The summed E-state index contributed by atoms with van der Waals surface area (Å²) in [5.41, 5.74) is 4.72. The maximum Gasteiger partial charge on any atom is 0.173 e. The van der Waals surface area contributed by atoms with Gasteiger partial charge in [0.05, 0.1) is 11.3 Å². The fraction of sp³-hybridized carbons (Fsp3) is 0.350. The second-order valence-electron chi connectivity index (χ2n) is 6.48. The van der Waals surface area contributed by atoms with Crippen LogP contribution in [0.25, 0.3) is 0 Å². The molecule has 1 unspecified atom stereocenters. The number of pyridine rings is 1. The van der Waals surface area contributed by atoms with Gasteiger partial charge in [0, 0.05) is 11.3 Å². The summed E-state index contributed by atoms with van der Waals surface area (Å²) in [6.07, 6.45) is 3.09. The monoisotopic (exact) mass is 336 g/mol. The second-order valence-corrected chi connectivity index (χ2v) is 7.45. The number of hydrogen-bond donors (Lipinski definition) is 0. The Balaban J connectivity index is 1.76. The molecule has 1 atom stereocenters. The average Bonchev–Trinajstić information content (AvgIpc) is 2.59. The molecule has 3 rings (SSSR count). The van der Waals surface area contributed by atoms with Crippen LogP contribution in [0.15, 0.2) is 35.4 Å². The van der Waals surface area contributed by atoms with Crippen molar-refractivity contribution in [1.82, 2.24) is 4.98 Å². The Morgan fingerprint density at radius 3 is 2.83 bits per heavy atom. The predicted molar refractivity (Wildman–Crippen MR) is 96.4 cm³/mol. The van der Waals surface area contributed by atoms with Gasteiger partial charge in [-0.25, -0.2) is 4.98 Å². The molecule has 0 bridgehead atoms. The van der Waals surface area contributed by atoms with E-state index in [0.717, 1.165) is 30.5 Å². The third-order valence-electron chi connectivity index (χ3n) is 4.43.